The second-order valence-electron chi connectivity index (χ2n) is 11.9. The Balaban J connectivity index is 1.23. The fourth-order valence-electron chi connectivity index (χ4n) is 7.30. The molecule has 222 valence electrons. The van der Waals surface area contributed by atoms with E-state index in [0.29, 0.717) is 11.3 Å². The van der Waals surface area contributed by atoms with Crippen molar-refractivity contribution in [1.82, 2.24) is 9.13 Å². The maximum Gasteiger partial charge on any atom is 0.211 e. The van der Waals surface area contributed by atoms with Gasteiger partial charge >= 0.3 is 0 Å². The van der Waals surface area contributed by atoms with Crippen LogP contribution in [0, 0.1) is 17.9 Å². The van der Waals surface area contributed by atoms with Crippen LogP contribution in [0.1, 0.15) is 5.56 Å². The zero-order valence-corrected chi connectivity index (χ0v) is 25.8. The van der Waals surface area contributed by atoms with Gasteiger partial charge in [0.05, 0.1) is 46.0 Å². The molecule has 0 atom stereocenters. The van der Waals surface area contributed by atoms with Crippen molar-refractivity contribution in [2.75, 3.05) is 0 Å². The summed E-state index contributed by atoms with van der Waals surface area (Å²) in [7, 11) is 0. The summed E-state index contributed by atoms with van der Waals surface area (Å²) in [5.74, 6) is 0. The van der Waals surface area contributed by atoms with Gasteiger partial charge in [0, 0.05) is 27.2 Å². The van der Waals surface area contributed by atoms with Crippen LogP contribution in [0.4, 0.5) is 5.69 Å². The molecule has 0 bridgehead atoms. The predicted molar refractivity (Wildman–Crippen MR) is 197 cm³/mol. The molecule has 0 aliphatic rings. The lowest BCUT2D eigenvalue weighted by Crippen LogP contribution is -1.98. The van der Waals surface area contributed by atoms with E-state index in [0.717, 1.165) is 71.9 Å². The number of nitriles is 1. The quantitative estimate of drug-likeness (QED) is 0.183. The lowest BCUT2D eigenvalue weighted by atomic mass is 9.93. The lowest BCUT2D eigenvalue weighted by molar-refractivity contribution is 1.18. The summed E-state index contributed by atoms with van der Waals surface area (Å²) in [6.07, 6.45) is 0. The highest BCUT2D eigenvalue weighted by Crippen LogP contribution is 2.42. The number of para-hydroxylation sites is 5. The maximum atomic E-state index is 10.5. The molecule has 2 heterocycles. The predicted octanol–water partition coefficient (Wildman–Crippen LogP) is 11.6. The van der Waals surface area contributed by atoms with Crippen LogP contribution in [-0.4, -0.2) is 9.13 Å². The normalized spacial score (nSPS) is 11.3. The van der Waals surface area contributed by atoms with Gasteiger partial charge < -0.3 is 9.13 Å². The molecule has 0 aliphatic carbocycles. The molecule has 0 N–H and O–H groups in total. The highest BCUT2D eigenvalue weighted by atomic mass is 15.0. The van der Waals surface area contributed by atoms with Gasteiger partial charge in [-0.3, -0.25) is 0 Å². The molecule has 0 amide bonds. The van der Waals surface area contributed by atoms with Crippen molar-refractivity contribution in [3.63, 3.8) is 0 Å². The minimum atomic E-state index is 0.557. The number of rotatable bonds is 4. The van der Waals surface area contributed by atoms with Gasteiger partial charge in [-0.1, -0.05) is 109 Å². The first kappa shape index (κ1) is 27.4. The molecular formula is C44H26N4. The van der Waals surface area contributed by atoms with Gasteiger partial charge in [0.1, 0.15) is 0 Å². The largest absolute Gasteiger partial charge is 0.318 e. The van der Waals surface area contributed by atoms with E-state index in [4.69, 9.17) is 6.57 Å². The van der Waals surface area contributed by atoms with E-state index in [-0.39, 0.29) is 0 Å². The van der Waals surface area contributed by atoms with Crippen LogP contribution < -0.4 is 0 Å². The van der Waals surface area contributed by atoms with E-state index in [1.54, 1.807) is 0 Å². The van der Waals surface area contributed by atoms with Gasteiger partial charge in [0.15, 0.2) is 0 Å². The molecule has 0 unspecified atom stereocenters. The molecule has 4 nitrogen and oxygen atoms in total. The standard InChI is InChI=1S/C44H26N4/c1-46-39-18-11-17-34(44(39)48-41-20-9-5-14-35(41)36-15-6-10-21-42(36)48)29-22-24-33(31(26-29)28-45)30-23-25-43-38(27-30)37-16-7-8-19-40(37)47(43)32-12-3-2-4-13-32/h2-27H. The van der Waals surface area contributed by atoms with Crippen LogP contribution in [0.25, 0.3) is 82.1 Å². The van der Waals surface area contributed by atoms with E-state index >= 15 is 0 Å². The van der Waals surface area contributed by atoms with Crippen LogP contribution in [0.15, 0.2) is 158 Å². The van der Waals surface area contributed by atoms with E-state index < -0.39 is 0 Å². The molecule has 9 aromatic rings. The first-order valence-electron chi connectivity index (χ1n) is 15.9. The minimum absolute atomic E-state index is 0.557. The first-order chi connectivity index (χ1) is 23.7. The zero-order valence-electron chi connectivity index (χ0n) is 25.8. The van der Waals surface area contributed by atoms with Crippen molar-refractivity contribution in [2.45, 2.75) is 0 Å². The van der Waals surface area contributed by atoms with Crippen LogP contribution in [0.2, 0.25) is 0 Å². The van der Waals surface area contributed by atoms with Crippen LogP contribution >= 0.6 is 0 Å². The third-order valence-corrected chi connectivity index (χ3v) is 9.39. The van der Waals surface area contributed by atoms with Gasteiger partial charge in [0.2, 0.25) is 5.69 Å². The first-order valence-corrected chi connectivity index (χ1v) is 15.9. The van der Waals surface area contributed by atoms with Crippen LogP contribution in [0.5, 0.6) is 0 Å². The van der Waals surface area contributed by atoms with Crippen molar-refractivity contribution in [2.24, 2.45) is 0 Å². The monoisotopic (exact) mass is 610 g/mol. The molecule has 48 heavy (non-hydrogen) atoms. The number of benzene rings is 7. The van der Waals surface area contributed by atoms with Crippen molar-refractivity contribution in [3.8, 4) is 39.7 Å². The Hall–Kier alpha value is -6.88. The van der Waals surface area contributed by atoms with Crippen molar-refractivity contribution >= 4 is 49.3 Å². The number of aromatic nitrogens is 2. The molecule has 0 saturated carbocycles. The van der Waals surface area contributed by atoms with Crippen LogP contribution in [-0.2, 0) is 0 Å². The minimum Gasteiger partial charge on any atom is -0.318 e. The third-order valence-electron chi connectivity index (χ3n) is 9.39. The molecule has 7 aromatic carbocycles. The highest BCUT2D eigenvalue weighted by Gasteiger charge is 2.20. The maximum absolute atomic E-state index is 10.5. The smallest absolute Gasteiger partial charge is 0.211 e. The summed E-state index contributed by atoms with van der Waals surface area (Å²) in [5, 5.41) is 15.1. The molecule has 0 saturated heterocycles. The summed E-state index contributed by atoms with van der Waals surface area (Å²) < 4.78 is 4.49. The van der Waals surface area contributed by atoms with Crippen molar-refractivity contribution < 1.29 is 0 Å². The number of hydrogen-bond acceptors (Lipinski definition) is 1. The molecule has 0 aliphatic heterocycles. The summed E-state index contributed by atoms with van der Waals surface area (Å²) in [4.78, 5) is 3.97. The molecule has 0 radical (unpaired) electrons. The molecular weight excluding hydrogens is 585 g/mol. The van der Waals surface area contributed by atoms with E-state index in [9.17, 15) is 5.26 Å². The number of nitrogens with zero attached hydrogens (tertiary/aromatic N) is 4. The Labute approximate surface area is 277 Å². The van der Waals surface area contributed by atoms with Gasteiger partial charge in [-0.15, -0.1) is 0 Å². The average molecular weight is 611 g/mol. The second-order valence-corrected chi connectivity index (χ2v) is 11.9. The summed E-state index contributed by atoms with van der Waals surface area (Å²) in [6.45, 7) is 8.12. The summed E-state index contributed by atoms with van der Waals surface area (Å²) in [6, 6.07) is 56.4. The fraction of sp³-hybridized carbons (Fsp3) is 0. The van der Waals surface area contributed by atoms with Gasteiger partial charge in [0.25, 0.3) is 0 Å². The second kappa shape index (κ2) is 10.9. The number of fused-ring (bicyclic) bond motifs is 6. The van der Waals surface area contributed by atoms with Gasteiger partial charge in [-0.25, -0.2) is 4.85 Å². The molecule has 0 fully saturated rings. The Kier molecular flexibility index (Phi) is 6.22. The molecule has 2 aromatic heterocycles. The fourth-order valence-corrected chi connectivity index (χ4v) is 7.30. The Morgan fingerprint density at radius 1 is 0.479 bits per heavy atom. The zero-order chi connectivity index (χ0) is 32.2. The van der Waals surface area contributed by atoms with E-state index in [1.165, 1.54) is 5.39 Å². The summed E-state index contributed by atoms with van der Waals surface area (Å²) >= 11 is 0. The summed E-state index contributed by atoms with van der Waals surface area (Å²) in [5.41, 5.74) is 11.1. The Bertz CT molecular complexity index is 2750. The van der Waals surface area contributed by atoms with Gasteiger partial charge in [-0.2, -0.15) is 5.26 Å². The SMILES string of the molecule is [C-]#[N+]c1cccc(-c2ccc(-c3ccc4c(c3)c3ccccc3n4-c3ccccc3)c(C#N)c2)c1-n1c2ccccc2c2ccccc21. The Morgan fingerprint density at radius 2 is 1.04 bits per heavy atom. The average Bonchev–Trinajstić information content (AvgIpc) is 3.67. The van der Waals surface area contributed by atoms with E-state index in [2.05, 4.69) is 129 Å². The number of hydrogen-bond donors (Lipinski definition) is 0. The molecule has 0 spiro atoms. The van der Waals surface area contributed by atoms with E-state index in [1.807, 2.05) is 48.5 Å². The third kappa shape index (κ3) is 4.07. The van der Waals surface area contributed by atoms with Crippen molar-refractivity contribution in [3.05, 3.63) is 175 Å². The Morgan fingerprint density at radius 3 is 1.71 bits per heavy atom. The highest BCUT2D eigenvalue weighted by molar-refractivity contribution is 6.11. The molecule has 4 heteroatoms. The lowest BCUT2D eigenvalue weighted by Gasteiger charge is -2.17. The van der Waals surface area contributed by atoms with Crippen LogP contribution in [0.3, 0.4) is 0 Å². The van der Waals surface area contributed by atoms with Crippen molar-refractivity contribution in [1.29, 1.82) is 5.26 Å². The topological polar surface area (TPSA) is 38.0 Å². The van der Waals surface area contributed by atoms with Gasteiger partial charge in [-0.05, 0) is 70.8 Å². The molecule has 9 rings (SSSR count).